The summed E-state index contributed by atoms with van der Waals surface area (Å²) >= 11 is 0. The summed E-state index contributed by atoms with van der Waals surface area (Å²) in [7, 11) is 1.77. The fraction of sp³-hybridized carbons (Fsp3) is 0.583. The first-order chi connectivity index (χ1) is 9.36. The molecule has 2 N–H and O–H groups in total. The number of nitrogens with zero attached hydrogens (tertiary/aromatic N) is 3. The minimum atomic E-state index is 0.515. The van der Waals surface area contributed by atoms with Crippen LogP contribution in [0, 0.1) is 5.92 Å². The summed E-state index contributed by atoms with van der Waals surface area (Å²) in [6.07, 6.45) is 3.67. The first kappa shape index (κ1) is 12.2. The van der Waals surface area contributed by atoms with E-state index in [2.05, 4.69) is 25.3 Å². The van der Waals surface area contributed by atoms with Crippen molar-refractivity contribution in [3.63, 3.8) is 0 Å². The average Bonchev–Trinajstić information content (AvgIpc) is 2.94. The molecule has 7 heteroatoms. The van der Waals surface area contributed by atoms with Crippen molar-refractivity contribution in [3.8, 4) is 5.88 Å². The van der Waals surface area contributed by atoms with E-state index >= 15 is 0 Å². The maximum atomic E-state index is 5.84. The Bertz CT molecular complexity index is 550. The van der Waals surface area contributed by atoms with Crippen molar-refractivity contribution in [2.45, 2.75) is 12.8 Å². The van der Waals surface area contributed by atoms with Gasteiger partial charge in [-0.25, -0.2) is 4.98 Å². The van der Waals surface area contributed by atoms with Crippen LogP contribution in [-0.2, 0) is 4.74 Å². The van der Waals surface area contributed by atoms with Crippen LogP contribution < -0.4 is 10.1 Å². The van der Waals surface area contributed by atoms with Crippen LogP contribution in [0.5, 0.6) is 5.88 Å². The Labute approximate surface area is 110 Å². The summed E-state index contributed by atoms with van der Waals surface area (Å²) in [4.78, 5) is 15.7. The zero-order valence-corrected chi connectivity index (χ0v) is 10.8. The van der Waals surface area contributed by atoms with Gasteiger partial charge in [0.15, 0.2) is 5.65 Å². The lowest BCUT2D eigenvalue weighted by Crippen LogP contribution is -2.21. The van der Waals surface area contributed by atoms with Gasteiger partial charge in [0, 0.05) is 20.3 Å². The molecule has 0 aromatic carbocycles. The molecule has 1 aliphatic heterocycles. The monoisotopic (exact) mass is 263 g/mol. The Morgan fingerprint density at radius 3 is 3.05 bits per heavy atom. The Balaban J connectivity index is 1.77. The van der Waals surface area contributed by atoms with Crippen molar-refractivity contribution in [2.75, 3.05) is 32.2 Å². The summed E-state index contributed by atoms with van der Waals surface area (Å²) in [5.74, 6) is 1.60. The van der Waals surface area contributed by atoms with E-state index in [1.54, 1.807) is 13.4 Å². The number of hydrogen-bond donors (Lipinski definition) is 2. The number of rotatable bonds is 4. The topological polar surface area (TPSA) is 85.0 Å². The molecule has 0 radical (unpaired) electrons. The van der Waals surface area contributed by atoms with Gasteiger partial charge in [0.1, 0.15) is 5.52 Å². The van der Waals surface area contributed by atoms with Gasteiger partial charge in [-0.3, -0.25) is 0 Å². The molecule has 0 aliphatic carbocycles. The van der Waals surface area contributed by atoms with Crippen molar-refractivity contribution in [3.05, 3.63) is 6.33 Å². The van der Waals surface area contributed by atoms with Gasteiger partial charge >= 0.3 is 0 Å². The van der Waals surface area contributed by atoms with E-state index in [1.165, 1.54) is 0 Å². The molecule has 0 saturated carbocycles. The number of nitrogens with one attached hydrogen (secondary N) is 2. The lowest BCUT2D eigenvalue weighted by molar-refractivity contribution is 0.0493. The number of ether oxygens (including phenoxy) is 2. The summed E-state index contributed by atoms with van der Waals surface area (Å²) in [5, 5.41) is 2.91. The molecule has 0 spiro atoms. The molecule has 1 aliphatic rings. The van der Waals surface area contributed by atoms with E-state index in [0.717, 1.165) is 31.6 Å². The molecule has 3 heterocycles. The third kappa shape index (κ3) is 2.60. The lowest BCUT2D eigenvalue weighted by atomic mass is 10.0. The summed E-state index contributed by atoms with van der Waals surface area (Å²) < 4.78 is 11.2. The zero-order chi connectivity index (χ0) is 13.1. The first-order valence-corrected chi connectivity index (χ1v) is 6.46. The van der Waals surface area contributed by atoms with Gasteiger partial charge in [-0.05, 0) is 18.8 Å². The number of H-pyrrole nitrogens is 1. The summed E-state index contributed by atoms with van der Waals surface area (Å²) in [6.45, 7) is 2.29. The van der Waals surface area contributed by atoms with Gasteiger partial charge in [-0.2, -0.15) is 9.97 Å². The maximum Gasteiger partial charge on any atom is 0.245 e. The standard InChI is InChI=1S/C12H17N5O2/c1-13-12-16-10-9(14-7-15-10)11(17-12)19-6-8-2-4-18-5-3-8/h7-8H,2-6H2,1H3,(H2,13,14,15,16,17). The Morgan fingerprint density at radius 2 is 2.26 bits per heavy atom. The van der Waals surface area contributed by atoms with Crippen LogP contribution in [0.15, 0.2) is 6.33 Å². The number of imidazole rings is 1. The smallest absolute Gasteiger partial charge is 0.245 e. The lowest BCUT2D eigenvalue weighted by Gasteiger charge is -2.21. The highest BCUT2D eigenvalue weighted by Gasteiger charge is 2.17. The molecule has 1 saturated heterocycles. The molecule has 1 fully saturated rings. The number of anilines is 1. The van der Waals surface area contributed by atoms with Gasteiger partial charge in [-0.15, -0.1) is 0 Å². The molecular formula is C12H17N5O2. The minimum absolute atomic E-state index is 0.515. The van der Waals surface area contributed by atoms with Gasteiger partial charge in [0.2, 0.25) is 11.8 Å². The number of hydrogen-bond acceptors (Lipinski definition) is 6. The second kappa shape index (κ2) is 5.40. The first-order valence-electron chi connectivity index (χ1n) is 6.46. The van der Waals surface area contributed by atoms with Crippen molar-refractivity contribution < 1.29 is 9.47 Å². The van der Waals surface area contributed by atoms with E-state index < -0.39 is 0 Å². The molecule has 19 heavy (non-hydrogen) atoms. The van der Waals surface area contributed by atoms with E-state index in [4.69, 9.17) is 9.47 Å². The highest BCUT2D eigenvalue weighted by Crippen LogP contribution is 2.23. The van der Waals surface area contributed by atoms with Crippen LogP contribution in [0.25, 0.3) is 11.2 Å². The van der Waals surface area contributed by atoms with Gasteiger partial charge in [0.25, 0.3) is 0 Å². The SMILES string of the molecule is CNc1nc(OCC2CCOCC2)c2[nH]cnc2n1. The van der Waals surface area contributed by atoms with Crippen LogP contribution >= 0.6 is 0 Å². The fourth-order valence-electron chi connectivity index (χ4n) is 2.13. The van der Waals surface area contributed by atoms with E-state index in [0.29, 0.717) is 30.0 Å². The second-order valence-electron chi connectivity index (χ2n) is 4.57. The molecule has 7 nitrogen and oxygen atoms in total. The number of fused-ring (bicyclic) bond motifs is 1. The van der Waals surface area contributed by atoms with Crippen molar-refractivity contribution in [1.29, 1.82) is 0 Å². The number of aromatic amines is 1. The van der Waals surface area contributed by atoms with Crippen LogP contribution in [0.3, 0.4) is 0 Å². The summed E-state index contributed by atoms with van der Waals surface area (Å²) in [6, 6.07) is 0. The molecule has 2 aromatic heterocycles. The third-order valence-corrected chi connectivity index (χ3v) is 3.27. The highest BCUT2D eigenvalue weighted by atomic mass is 16.5. The second-order valence-corrected chi connectivity index (χ2v) is 4.57. The molecular weight excluding hydrogens is 246 g/mol. The normalized spacial score (nSPS) is 16.7. The van der Waals surface area contributed by atoms with Crippen LogP contribution in [0.4, 0.5) is 5.95 Å². The molecule has 3 rings (SSSR count). The number of aromatic nitrogens is 4. The fourth-order valence-corrected chi connectivity index (χ4v) is 2.13. The van der Waals surface area contributed by atoms with Crippen molar-refractivity contribution >= 4 is 17.1 Å². The highest BCUT2D eigenvalue weighted by molar-refractivity contribution is 5.76. The van der Waals surface area contributed by atoms with Gasteiger partial charge < -0.3 is 19.8 Å². The van der Waals surface area contributed by atoms with E-state index in [9.17, 15) is 0 Å². The largest absolute Gasteiger partial charge is 0.476 e. The third-order valence-electron chi connectivity index (χ3n) is 3.27. The maximum absolute atomic E-state index is 5.84. The molecule has 102 valence electrons. The van der Waals surface area contributed by atoms with E-state index in [1.807, 2.05) is 0 Å². The molecule has 0 unspecified atom stereocenters. The Kier molecular flexibility index (Phi) is 3.45. The zero-order valence-electron chi connectivity index (χ0n) is 10.8. The van der Waals surface area contributed by atoms with Crippen molar-refractivity contribution in [2.24, 2.45) is 5.92 Å². The average molecular weight is 263 g/mol. The predicted molar refractivity (Wildman–Crippen MR) is 70.3 cm³/mol. The molecule has 0 bridgehead atoms. The van der Waals surface area contributed by atoms with E-state index in [-0.39, 0.29) is 0 Å². The summed E-state index contributed by atoms with van der Waals surface area (Å²) in [5.41, 5.74) is 1.35. The molecule has 0 atom stereocenters. The Morgan fingerprint density at radius 1 is 1.42 bits per heavy atom. The minimum Gasteiger partial charge on any atom is -0.476 e. The molecule has 2 aromatic rings. The van der Waals surface area contributed by atoms with Crippen LogP contribution in [0.1, 0.15) is 12.8 Å². The Hall–Kier alpha value is -1.89. The van der Waals surface area contributed by atoms with Crippen LogP contribution in [0.2, 0.25) is 0 Å². The predicted octanol–water partition coefficient (Wildman–Crippen LogP) is 1.20. The van der Waals surface area contributed by atoms with Gasteiger partial charge in [0.05, 0.1) is 12.9 Å². The quantitative estimate of drug-likeness (QED) is 0.862. The van der Waals surface area contributed by atoms with Gasteiger partial charge in [-0.1, -0.05) is 0 Å². The van der Waals surface area contributed by atoms with Crippen LogP contribution in [-0.4, -0.2) is 46.8 Å². The van der Waals surface area contributed by atoms with Crippen molar-refractivity contribution in [1.82, 2.24) is 19.9 Å². The molecule has 0 amide bonds.